The Morgan fingerprint density at radius 3 is 2.33 bits per heavy atom. The van der Waals surface area contributed by atoms with Gasteiger partial charge in [0, 0.05) is 23.9 Å². The Morgan fingerprint density at radius 2 is 1.73 bits per heavy atom. The van der Waals surface area contributed by atoms with Gasteiger partial charge in [-0.3, -0.25) is 14.3 Å². The van der Waals surface area contributed by atoms with Crippen molar-refractivity contribution in [2.24, 2.45) is 5.10 Å². The van der Waals surface area contributed by atoms with Crippen molar-refractivity contribution in [3.63, 3.8) is 0 Å². The Morgan fingerprint density at radius 1 is 1.07 bits per heavy atom. The summed E-state index contributed by atoms with van der Waals surface area (Å²) < 4.78 is 1.73. The monoisotopic (exact) mass is 423 g/mol. The van der Waals surface area contributed by atoms with Crippen molar-refractivity contribution in [2.75, 3.05) is 5.32 Å². The van der Waals surface area contributed by atoms with E-state index in [4.69, 9.17) is 11.6 Å². The molecule has 0 bridgehead atoms. The minimum atomic E-state index is -0.296. The molecule has 2 amide bonds. The van der Waals surface area contributed by atoms with Crippen molar-refractivity contribution in [3.05, 3.63) is 82.6 Å². The van der Waals surface area contributed by atoms with Gasteiger partial charge in [0.15, 0.2) is 0 Å². The van der Waals surface area contributed by atoms with Crippen molar-refractivity contribution in [1.82, 2.24) is 15.2 Å². The summed E-state index contributed by atoms with van der Waals surface area (Å²) in [6.45, 7) is 4.17. The lowest BCUT2D eigenvalue weighted by Crippen LogP contribution is -2.19. The highest BCUT2D eigenvalue weighted by atomic mass is 35.5. The van der Waals surface area contributed by atoms with Crippen LogP contribution in [0, 0.1) is 0 Å². The van der Waals surface area contributed by atoms with Crippen LogP contribution in [0.3, 0.4) is 0 Å². The first-order valence-corrected chi connectivity index (χ1v) is 9.84. The van der Waals surface area contributed by atoms with Crippen LogP contribution >= 0.6 is 11.6 Å². The van der Waals surface area contributed by atoms with Crippen LogP contribution < -0.4 is 10.7 Å². The lowest BCUT2D eigenvalue weighted by atomic mass is 10.1. The van der Waals surface area contributed by atoms with E-state index < -0.39 is 0 Å². The molecule has 1 heterocycles. The molecule has 0 radical (unpaired) electrons. The maximum Gasteiger partial charge on any atom is 0.271 e. The van der Waals surface area contributed by atoms with Gasteiger partial charge in [-0.15, -0.1) is 0 Å². The van der Waals surface area contributed by atoms with Crippen molar-refractivity contribution in [3.8, 4) is 0 Å². The molecule has 0 aliphatic carbocycles. The Balaban J connectivity index is 1.58. The van der Waals surface area contributed by atoms with Gasteiger partial charge in [0.25, 0.3) is 5.91 Å². The molecule has 0 unspecified atom stereocenters. The van der Waals surface area contributed by atoms with Gasteiger partial charge in [-0.2, -0.15) is 10.2 Å². The van der Waals surface area contributed by atoms with Gasteiger partial charge in [-0.05, 0) is 42.3 Å². The third-order valence-electron chi connectivity index (χ3n) is 4.40. The number of nitrogens with zero attached hydrogens (tertiary/aromatic N) is 3. The lowest BCUT2D eigenvalue weighted by Gasteiger charge is -2.07. The Hall–Kier alpha value is -3.45. The van der Waals surface area contributed by atoms with Crippen molar-refractivity contribution < 1.29 is 9.59 Å². The largest absolute Gasteiger partial charge is 0.326 e. The first-order chi connectivity index (χ1) is 14.4. The second kappa shape index (κ2) is 9.84. The SMILES string of the molecule is CCC(=O)Nc1ccc(/C(C)=N\NC(=O)c2ccc(Cn3cc(Cl)cn3)cc2)cc1. The van der Waals surface area contributed by atoms with E-state index >= 15 is 0 Å². The molecule has 0 aliphatic rings. The number of halogens is 1. The number of amides is 2. The average molecular weight is 424 g/mol. The number of rotatable bonds is 7. The number of hydrazone groups is 1. The topological polar surface area (TPSA) is 88.4 Å². The summed E-state index contributed by atoms with van der Waals surface area (Å²) in [7, 11) is 0. The fourth-order valence-corrected chi connectivity index (χ4v) is 2.84. The third kappa shape index (κ3) is 5.78. The van der Waals surface area contributed by atoms with Gasteiger partial charge >= 0.3 is 0 Å². The molecule has 0 aliphatic heterocycles. The van der Waals surface area contributed by atoms with E-state index in [0.717, 1.165) is 16.8 Å². The molecular weight excluding hydrogens is 402 g/mol. The van der Waals surface area contributed by atoms with Gasteiger partial charge < -0.3 is 5.32 Å². The second-order valence-electron chi connectivity index (χ2n) is 6.67. The van der Waals surface area contributed by atoms with E-state index in [0.29, 0.717) is 29.3 Å². The van der Waals surface area contributed by atoms with Gasteiger partial charge in [0.05, 0.1) is 23.5 Å². The number of hydrogen-bond donors (Lipinski definition) is 2. The molecule has 3 aromatic rings. The normalized spacial score (nSPS) is 11.2. The zero-order valence-corrected chi connectivity index (χ0v) is 17.5. The van der Waals surface area contributed by atoms with Crippen LogP contribution in [-0.2, 0) is 11.3 Å². The molecule has 154 valence electrons. The maximum atomic E-state index is 12.4. The highest BCUT2D eigenvalue weighted by Crippen LogP contribution is 2.12. The number of benzene rings is 2. The zero-order valence-electron chi connectivity index (χ0n) is 16.7. The molecule has 2 N–H and O–H groups in total. The zero-order chi connectivity index (χ0) is 21.5. The molecule has 8 heteroatoms. The summed E-state index contributed by atoms with van der Waals surface area (Å²) >= 11 is 5.87. The Labute approximate surface area is 179 Å². The van der Waals surface area contributed by atoms with E-state index in [1.807, 2.05) is 24.3 Å². The molecular formula is C22H22ClN5O2. The molecule has 3 rings (SSSR count). The number of carbonyl (C=O) groups excluding carboxylic acids is 2. The number of anilines is 1. The number of hydrogen-bond acceptors (Lipinski definition) is 4. The first kappa shape index (κ1) is 21.3. The van der Waals surface area contributed by atoms with Crippen LogP contribution in [0.2, 0.25) is 5.02 Å². The maximum absolute atomic E-state index is 12.4. The highest BCUT2D eigenvalue weighted by Gasteiger charge is 2.06. The van der Waals surface area contributed by atoms with Crippen molar-refractivity contribution in [1.29, 1.82) is 0 Å². The molecule has 0 saturated heterocycles. The van der Waals surface area contributed by atoms with Crippen LogP contribution in [0.15, 0.2) is 66.0 Å². The Bertz CT molecular complexity index is 1060. The highest BCUT2D eigenvalue weighted by molar-refractivity contribution is 6.30. The molecule has 1 aromatic heterocycles. The summed E-state index contributed by atoms with van der Waals surface area (Å²) in [5.74, 6) is -0.338. The summed E-state index contributed by atoms with van der Waals surface area (Å²) in [6.07, 6.45) is 3.75. The van der Waals surface area contributed by atoms with Crippen LogP contribution in [0.25, 0.3) is 0 Å². The number of nitrogens with one attached hydrogen (secondary N) is 2. The van der Waals surface area contributed by atoms with Crippen molar-refractivity contribution >= 4 is 34.8 Å². The molecule has 0 fully saturated rings. The quantitative estimate of drug-likeness (QED) is 0.443. The molecule has 2 aromatic carbocycles. The number of carbonyl (C=O) groups is 2. The third-order valence-corrected chi connectivity index (χ3v) is 4.59. The second-order valence-corrected chi connectivity index (χ2v) is 7.11. The van der Waals surface area contributed by atoms with E-state index in [9.17, 15) is 9.59 Å². The van der Waals surface area contributed by atoms with Crippen LogP contribution in [0.5, 0.6) is 0 Å². The summed E-state index contributed by atoms with van der Waals surface area (Å²) in [5, 5.41) is 11.7. The molecule has 30 heavy (non-hydrogen) atoms. The van der Waals surface area contributed by atoms with E-state index in [1.54, 1.807) is 55.2 Å². The smallest absolute Gasteiger partial charge is 0.271 e. The van der Waals surface area contributed by atoms with Gasteiger partial charge in [-0.25, -0.2) is 5.43 Å². The lowest BCUT2D eigenvalue weighted by molar-refractivity contribution is -0.115. The van der Waals surface area contributed by atoms with Gasteiger partial charge in [-0.1, -0.05) is 42.8 Å². The standard InChI is InChI=1S/C22H22ClN5O2/c1-3-21(29)25-20-10-8-17(9-11-20)15(2)26-27-22(30)18-6-4-16(5-7-18)13-28-14-19(23)12-24-28/h4-12,14H,3,13H2,1-2H3,(H,25,29)(H,27,30)/b26-15-. The van der Waals surface area contributed by atoms with Gasteiger partial charge in [0.1, 0.15) is 0 Å². The summed E-state index contributed by atoms with van der Waals surface area (Å²) in [4.78, 5) is 23.8. The van der Waals surface area contributed by atoms with Crippen LogP contribution in [-0.4, -0.2) is 27.3 Å². The minimum Gasteiger partial charge on any atom is -0.326 e. The molecule has 0 spiro atoms. The first-order valence-electron chi connectivity index (χ1n) is 9.46. The minimum absolute atomic E-state index is 0.0418. The fourth-order valence-electron chi connectivity index (χ4n) is 2.68. The van der Waals surface area contributed by atoms with Crippen molar-refractivity contribution in [2.45, 2.75) is 26.8 Å². The predicted octanol–water partition coefficient (Wildman–Crippen LogP) is 4.09. The molecule has 0 saturated carbocycles. The summed E-state index contributed by atoms with van der Waals surface area (Å²) in [5.41, 5.74) is 6.30. The van der Waals surface area contributed by atoms with E-state index in [1.165, 1.54) is 0 Å². The van der Waals surface area contributed by atoms with E-state index in [2.05, 4.69) is 20.9 Å². The molecule has 7 nitrogen and oxygen atoms in total. The van der Waals surface area contributed by atoms with Gasteiger partial charge in [0.2, 0.25) is 5.91 Å². The van der Waals surface area contributed by atoms with E-state index in [-0.39, 0.29) is 11.8 Å². The Kier molecular flexibility index (Phi) is 6.98. The van der Waals surface area contributed by atoms with Crippen LogP contribution in [0.4, 0.5) is 5.69 Å². The molecule has 0 atom stereocenters. The van der Waals surface area contributed by atoms with Crippen LogP contribution in [0.1, 0.15) is 41.8 Å². The summed E-state index contributed by atoms with van der Waals surface area (Å²) in [6, 6.07) is 14.5. The average Bonchev–Trinajstić information content (AvgIpc) is 3.17. The number of aromatic nitrogens is 2. The fraction of sp³-hybridized carbons (Fsp3) is 0.182. The predicted molar refractivity (Wildman–Crippen MR) is 118 cm³/mol.